The topological polar surface area (TPSA) is 83.1 Å². The van der Waals surface area contributed by atoms with Gasteiger partial charge in [0.1, 0.15) is 5.75 Å². The van der Waals surface area contributed by atoms with E-state index >= 15 is 0 Å². The normalized spacial score (nSPS) is 11.5. The molecule has 1 N–H and O–H groups in total. The van der Waals surface area contributed by atoms with E-state index < -0.39 is 31.2 Å². The Morgan fingerprint density at radius 2 is 1.76 bits per heavy atom. The summed E-state index contributed by atoms with van der Waals surface area (Å²) in [5.41, 5.74) is 0.587. The van der Waals surface area contributed by atoms with Crippen LogP contribution in [0.4, 0.5) is 8.78 Å². The number of rotatable bonds is 10. The van der Waals surface area contributed by atoms with Gasteiger partial charge in [-0.05, 0) is 36.8 Å². The molecule has 1 amide bonds. The second-order valence-corrected chi connectivity index (χ2v) is 5.82. The van der Waals surface area contributed by atoms with Crippen molar-refractivity contribution >= 4 is 11.9 Å². The first kappa shape index (κ1) is 21.9. The lowest BCUT2D eigenvalue weighted by Gasteiger charge is -2.14. The molecule has 0 aliphatic rings. The molecule has 0 spiro atoms. The first-order valence-electron chi connectivity index (χ1n) is 8.65. The van der Waals surface area contributed by atoms with Crippen molar-refractivity contribution in [3.8, 4) is 17.2 Å². The average Bonchev–Trinajstić information content (AvgIpc) is 2.71. The molecule has 0 saturated carbocycles. The zero-order chi connectivity index (χ0) is 21.2. The van der Waals surface area contributed by atoms with Crippen LogP contribution in [0.25, 0.3) is 0 Å². The summed E-state index contributed by atoms with van der Waals surface area (Å²) in [4.78, 5) is 23.8. The van der Waals surface area contributed by atoms with Crippen molar-refractivity contribution in [3.63, 3.8) is 0 Å². The van der Waals surface area contributed by atoms with Crippen molar-refractivity contribution in [2.75, 3.05) is 13.7 Å². The lowest BCUT2D eigenvalue weighted by atomic mass is 10.2. The summed E-state index contributed by atoms with van der Waals surface area (Å²) in [7, 11) is 1.31. The van der Waals surface area contributed by atoms with Gasteiger partial charge in [-0.15, -0.1) is 0 Å². The highest BCUT2D eigenvalue weighted by molar-refractivity contribution is 5.82. The molecule has 7 nitrogen and oxygen atoms in total. The minimum Gasteiger partial charge on any atom is -0.493 e. The number of hydrogen-bond acceptors (Lipinski definition) is 6. The summed E-state index contributed by atoms with van der Waals surface area (Å²) in [6.45, 7) is -1.86. The number of para-hydroxylation sites is 1. The molecule has 0 aliphatic carbocycles. The van der Waals surface area contributed by atoms with Gasteiger partial charge in [-0.2, -0.15) is 8.78 Å². The summed E-state index contributed by atoms with van der Waals surface area (Å²) < 4.78 is 44.3. The third-order valence-corrected chi connectivity index (χ3v) is 3.67. The highest BCUT2D eigenvalue weighted by atomic mass is 19.3. The van der Waals surface area contributed by atoms with Crippen LogP contribution in [0.3, 0.4) is 0 Å². The third kappa shape index (κ3) is 7.28. The van der Waals surface area contributed by atoms with E-state index in [2.05, 4.69) is 10.1 Å². The fraction of sp³-hybridized carbons (Fsp3) is 0.300. The van der Waals surface area contributed by atoms with Crippen molar-refractivity contribution < 1.29 is 37.3 Å². The standard InChI is InChI=1S/C20H21F2NO6/c1-13(28-15-6-4-3-5-7-15)19(25)27-12-18(24)23-11-14-8-9-16(29-20(21)22)17(10-14)26-2/h3-10,13,20H,11-12H2,1-2H3,(H,23,24)/t13-/m1/s1. The molecule has 2 rings (SSSR count). The molecule has 0 radical (unpaired) electrons. The number of carbonyl (C=O) groups is 2. The maximum atomic E-state index is 12.3. The van der Waals surface area contributed by atoms with Crippen molar-refractivity contribution in [2.24, 2.45) is 0 Å². The largest absolute Gasteiger partial charge is 0.493 e. The molecular weight excluding hydrogens is 388 g/mol. The summed E-state index contributed by atoms with van der Waals surface area (Å²) in [5, 5.41) is 2.55. The number of carbonyl (C=O) groups excluding carboxylic acids is 2. The molecule has 2 aromatic carbocycles. The van der Waals surface area contributed by atoms with Crippen molar-refractivity contribution in [3.05, 3.63) is 54.1 Å². The van der Waals surface area contributed by atoms with Gasteiger partial charge in [-0.3, -0.25) is 4.79 Å². The molecule has 2 aromatic rings. The molecule has 0 aromatic heterocycles. The molecule has 1 atom stereocenters. The number of alkyl halides is 2. The maximum absolute atomic E-state index is 12.3. The highest BCUT2D eigenvalue weighted by Gasteiger charge is 2.18. The van der Waals surface area contributed by atoms with Gasteiger partial charge in [-0.1, -0.05) is 24.3 Å². The molecule has 9 heteroatoms. The molecular formula is C20H21F2NO6. The summed E-state index contributed by atoms with van der Waals surface area (Å²) in [5.74, 6) is -0.708. The molecule has 0 saturated heterocycles. The number of ether oxygens (including phenoxy) is 4. The van der Waals surface area contributed by atoms with Gasteiger partial charge in [0.2, 0.25) is 0 Å². The van der Waals surface area contributed by atoms with Gasteiger partial charge in [-0.25, -0.2) is 4.79 Å². The molecule has 0 unspecified atom stereocenters. The van der Waals surface area contributed by atoms with Crippen LogP contribution in [0.5, 0.6) is 17.2 Å². The molecule has 29 heavy (non-hydrogen) atoms. The number of benzene rings is 2. The van der Waals surface area contributed by atoms with Gasteiger partial charge >= 0.3 is 12.6 Å². The van der Waals surface area contributed by atoms with Gasteiger partial charge < -0.3 is 24.3 Å². The lowest BCUT2D eigenvalue weighted by Crippen LogP contribution is -2.32. The van der Waals surface area contributed by atoms with Crippen LogP contribution >= 0.6 is 0 Å². The van der Waals surface area contributed by atoms with Gasteiger partial charge in [0.25, 0.3) is 5.91 Å². The van der Waals surface area contributed by atoms with E-state index in [9.17, 15) is 18.4 Å². The summed E-state index contributed by atoms with van der Waals surface area (Å²) in [6, 6.07) is 13.0. The fourth-order valence-electron chi connectivity index (χ4n) is 2.27. The number of hydrogen-bond donors (Lipinski definition) is 1. The Balaban J connectivity index is 1.78. The Bertz CT molecular complexity index is 816. The molecule has 0 fully saturated rings. The van der Waals surface area contributed by atoms with Crippen LogP contribution in [0.2, 0.25) is 0 Å². The second kappa shape index (κ2) is 10.8. The van der Waals surface area contributed by atoms with Crippen molar-refractivity contribution in [1.82, 2.24) is 5.32 Å². The van der Waals surface area contributed by atoms with Crippen LogP contribution in [-0.2, 0) is 20.9 Å². The monoisotopic (exact) mass is 409 g/mol. The quantitative estimate of drug-likeness (QED) is 0.608. The average molecular weight is 409 g/mol. The Morgan fingerprint density at radius 3 is 2.41 bits per heavy atom. The predicted molar refractivity (Wildman–Crippen MR) is 99.0 cm³/mol. The summed E-state index contributed by atoms with van der Waals surface area (Å²) in [6.07, 6.45) is -0.878. The number of nitrogens with one attached hydrogen (secondary N) is 1. The Morgan fingerprint density at radius 1 is 1.03 bits per heavy atom. The maximum Gasteiger partial charge on any atom is 0.387 e. The highest BCUT2D eigenvalue weighted by Crippen LogP contribution is 2.29. The zero-order valence-corrected chi connectivity index (χ0v) is 15.9. The fourth-order valence-corrected chi connectivity index (χ4v) is 2.27. The molecule has 0 bridgehead atoms. The number of methoxy groups -OCH3 is 1. The number of halogens is 2. The first-order chi connectivity index (χ1) is 13.9. The van der Waals surface area contributed by atoms with Crippen LogP contribution < -0.4 is 19.5 Å². The number of esters is 1. The molecule has 0 heterocycles. The van der Waals surface area contributed by atoms with Gasteiger partial charge in [0.15, 0.2) is 24.2 Å². The minimum atomic E-state index is -2.97. The van der Waals surface area contributed by atoms with Crippen LogP contribution in [0, 0.1) is 0 Å². The summed E-state index contributed by atoms with van der Waals surface area (Å²) >= 11 is 0. The molecule has 0 aliphatic heterocycles. The van der Waals surface area contributed by atoms with Crippen LogP contribution in [0.15, 0.2) is 48.5 Å². The zero-order valence-electron chi connectivity index (χ0n) is 15.9. The van der Waals surface area contributed by atoms with Gasteiger partial charge in [0, 0.05) is 6.54 Å². The van der Waals surface area contributed by atoms with Crippen LogP contribution in [-0.4, -0.2) is 38.3 Å². The smallest absolute Gasteiger partial charge is 0.387 e. The Hall–Kier alpha value is -3.36. The van der Waals surface area contributed by atoms with E-state index in [1.165, 1.54) is 32.2 Å². The first-order valence-corrected chi connectivity index (χ1v) is 8.65. The van der Waals surface area contributed by atoms with E-state index in [1.54, 1.807) is 24.3 Å². The van der Waals surface area contributed by atoms with Gasteiger partial charge in [0.05, 0.1) is 7.11 Å². The van der Waals surface area contributed by atoms with Crippen molar-refractivity contribution in [2.45, 2.75) is 26.2 Å². The number of amides is 1. The lowest BCUT2D eigenvalue weighted by molar-refractivity contribution is -0.154. The van der Waals surface area contributed by atoms with E-state index in [4.69, 9.17) is 14.2 Å². The van der Waals surface area contributed by atoms with E-state index in [0.717, 1.165) is 0 Å². The van der Waals surface area contributed by atoms with E-state index in [1.807, 2.05) is 6.07 Å². The third-order valence-electron chi connectivity index (χ3n) is 3.67. The van der Waals surface area contributed by atoms with Crippen molar-refractivity contribution in [1.29, 1.82) is 0 Å². The Labute approximate surface area is 166 Å². The second-order valence-electron chi connectivity index (χ2n) is 5.82. The van der Waals surface area contributed by atoms with Crippen LogP contribution in [0.1, 0.15) is 12.5 Å². The SMILES string of the molecule is COc1cc(CNC(=O)COC(=O)[C@@H](C)Oc2ccccc2)ccc1OC(F)F. The molecule has 156 valence electrons. The van der Waals surface area contributed by atoms with E-state index in [0.29, 0.717) is 11.3 Å². The van der Waals surface area contributed by atoms with E-state index in [-0.39, 0.29) is 18.0 Å². The Kier molecular flexibility index (Phi) is 8.20. The predicted octanol–water partition coefficient (Wildman–Crippen LogP) is 2.92. The minimum absolute atomic E-state index is 0.0811.